The zero-order valence-corrected chi connectivity index (χ0v) is 21.9. The number of fused-ring (bicyclic) bond motifs is 1. The van der Waals surface area contributed by atoms with Gasteiger partial charge in [0.1, 0.15) is 23.1 Å². The van der Waals surface area contributed by atoms with Crippen LogP contribution in [0.1, 0.15) is 35.7 Å². The largest absolute Gasteiger partial charge is 0.497 e. The molecule has 1 fully saturated rings. The van der Waals surface area contributed by atoms with Gasteiger partial charge in [-0.25, -0.2) is 4.98 Å². The first kappa shape index (κ1) is 24.7. The van der Waals surface area contributed by atoms with Crippen LogP contribution in [-0.4, -0.2) is 42.8 Å². The molecule has 192 valence electrons. The van der Waals surface area contributed by atoms with Crippen LogP contribution in [0.25, 0.3) is 11.0 Å². The van der Waals surface area contributed by atoms with Crippen LogP contribution in [0.2, 0.25) is 0 Å². The molecule has 0 saturated carbocycles. The number of aromatic nitrogens is 2. The zero-order chi connectivity index (χ0) is 25.9. The highest BCUT2D eigenvalue weighted by molar-refractivity contribution is 5.98. The maximum Gasteiger partial charge on any atom is 0.227 e. The molecule has 37 heavy (non-hydrogen) atoms. The van der Waals surface area contributed by atoms with E-state index in [1.54, 1.807) is 19.1 Å². The average molecular weight is 500 g/mol. The fraction of sp³-hybridized carbons (Fsp3) is 0.333. The summed E-state index contributed by atoms with van der Waals surface area (Å²) in [4.78, 5) is 20.0. The summed E-state index contributed by atoms with van der Waals surface area (Å²) in [6, 6.07) is 19.9. The minimum Gasteiger partial charge on any atom is -0.497 e. The van der Waals surface area contributed by atoms with Crippen LogP contribution in [0.4, 0.5) is 5.69 Å². The maximum atomic E-state index is 13.2. The molecule has 5 rings (SSSR count). The molecular weight excluding hydrogens is 466 g/mol. The van der Waals surface area contributed by atoms with Crippen molar-refractivity contribution >= 4 is 22.6 Å². The highest BCUT2D eigenvalue weighted by atomic mass is 16.5. The number of carbonyl (C=O) groups excluding carboxylic acids is 1. The van der Waals surface area contributed by atoms with Crippen LogP contribution in [0.15, 0.2) is 60.7 Å². The first-order chi connectivity index (χ1) is 18.0. The van der Waals surface area contributed by atoms with Crippen LogP contribution >= 0.6 is 0 Å². The van der Waals surface area contributed by atoms with E-state index in [1.165, 1.54) is 5.56 Å². The van der Waals surface area contributed by atoms with Gasteiger partial charge in [0.2, 0.25) is 5.91 Å². The van der Waals surface area contributed by atoms with E-state index in [-0.39, 0.29) is 11.8 Å². The van der Waals surface area contributed by atoms with Crippen molar-refractivity contribution in [3.63, 3.8) is 0 Å². The van der Waals surface area contributed by atoms with Crippen LogP contribution in [0.3, 0.4) is 0 Å². The molecule has 7 nitrogen and oxygen atoms in total. The number of hydrogen-bond donors (Lipinski definition) is 0. The number of methoxy groups -OCH3 is 2. The quantitative estimate of drug-likeness (QED) is 0.278. The number of carbonyl (C=O) groups is 1. The molecule has 0 bridgehead atoms. The van der Waals surface area contributed by atoms with E-state index in [2.05, 4.69) is 42.7 Å². The van der Waals surface area contributed by atoms with Crippen molar-refractivity contribution in [3.8, 4) is 17.2 Å². The molecule has 0 spiro atoms. The molecular formula is C30H33N3O4. The summed E-state index contributed by atoms with van der Waals surface area (Å²) in [5.74, 6) is 3.21. The van der Waals surface area contributed by atoms with Gasteiger partial charge in [-0.05, 0) is 61.7 Å². The number of ether oxygens (including phenoxy) is 3. The lowest BCUT2D eigenvalue weighted by atomic mass is 10.1. The van der Waals surface area contributed by atoms with Gasteiger partial charge in [-0.3, -0.25) is 4.79 Å². The van der Waals surface area contributed by atoms with Crippen molar-refractivity contribution < 1.29 is 19.0 Å². The van der Waals surface area contributed by atoms with E-state index < -0.39 is 0 Å². The summed E-state index contributed by atoms with van der Waals surface area (Å²) in [6.45, 7) is 6.03. The molecule has 1 saturated heterocycles. The standard InChI is InChI=1S/C30H33N3O4/c1-20-10-11-21(2)28(16-20)37-15-7-14-32-25-9-6-5-8-24(25)31-30(32)22-17-29(34)33(19-22)26-18-23(35-3)12-13-27(26)36-4/h5-6,8-13,16,18,22H,7,14-15,17,19H2,1-4H3/t22-/m0/s1. The summed E-state index contributed by atoms with van der Waals surface area (Å²) >= 11 is 0. The van der Waals surface area contributed by atoms with Crippen LogP contribution in [0, 0.1) is 13.8 Å². The fourth-order valence-corrected chi connectivity index (χ4v) is 5.03. The smallest absolute Gasteiger partial charge is 0.227 e. The number of amides is 1. The number of para-hydroxylation sites is 2. The van der Waals surface area contributed by atoms with Gasteiger partial charge < -0.3 is 23.7 Å². The van der Waals surface area contributed by atoms with Gasteiger partial charge in [-0.1, -0.05) is 24.3 Å². The van der Waals surface area contributed by atoms with Crippen molar-refractivity contribution in [1.29, 1.82) is 0 Å². The summed E-state index contributed by atoms with van der Waals surface area (Å²) in [5, 5.41) is 0. The lowest BCUT2D eigenvalue weighted by Gasteiger charge is -2.20. The zero-order valence-electron chi connectivity index (χ0n) is 21.9. The molecule has 0 N–H and O–H groups in total. The monoisotopic (exact) mass is 499 g/mol. The van der Waals surface area contributed by atoms with Crippen molar-refractivity contribution in [1.82, 2.24) is 9.55 Å². The minimum atomic E-state index is -0.0317. The number of benzene rings is 3. The van der Waals surface area contributed by atoms with E-state index in [0.29, 0.717) is 31.1 Å². The predicted octanol–water partition coefficient (Wildman–Crippen LogP) is 5.66. The van der Waals surface area contributed by atoms with Crippen molar-refractivity contribution in [3.05, 3.63) is 77.6 Å². The fourth-order valence-electron chi connectivity index (χ4n) is 5.03. The van der Waals surface area contributed by atoms with E-state index in [0.717, 1.165) is 46.8 Å². The van der Waals surface area contributed by atoms with Gasteiger partial charge in [0.15, 0.2) is 0 Å². The highest BCUT2D eigenvalue weighted by Crippen LogP contribution is 2.39. The van der Waals surface area contributed by atoms with E-state index in [1.807, 2.05) is 36.4 Å². The van der Waals surface area contributed by atoms with Crippen LogP contribution in [0.5, 0.6) is 17.2 Å². The molecule has 3 aromatic carbocycles. The minimum absolute atomic E-state index is 0.0317. The van der Waals surface area contributed by atoms with E-state index in [9.17, 15) is 4.79 Å². The summed E-state index contributed by atoms with van der Waals surface area (Å²) in [6.07, 6.45) is 1.22. The highest BCUT2D eigenvalue weighted by Gasteiger charge is 2.36. The Balaban J connectivity index is 1.37. The second-order valence-corrected chi connectivity index (χ2v) is 9.52. The third-order valence-electron chi connectivity index (χ3n) is 6.98. The van der Waals surface area contributed by atoms with Crippen molar-refractivity contribution in [2.24, 2.45) is 0 Å². The summed E-state index contributed by atoms with van der Waals surface area (Å²) in [7, 11) is 3.23. The van der Waals surface area contributed by atoms with Gasteiger partial charge in [-0.15, -0.1) is 0 Å². The molecule has 0 aliphatic carbocycles. The normalized spacial score (nSPS) is 15.4. The second-order valence-electron chi connectivity index (χ2n) is 9.52. The Labute approximate surface area is 217 Å². The SMILES string of the molecule is COc1ccc(OC)c(N2C[C@@H](c3nc4ccccc4n3CCCOc3cc(C)ccc3C)CC2=O)c1. The lowest BCUT2D eigenvalue weighted by molar-refractivity contribution is -0.117. The van der Waals surface area contributed by atoms with Gasteiger partial charge in [0.05, 0.1) is 37.5 Å². The molecule has 1 amide bonds. The molecule has 1 aliphatic heterocycles. The lowest BCUT2D eigenvalue weighted by Crippen LogP contribution is -2.25. The molecule has 1 aliphatic rings. The first-order valence-corrected chi connectivity index (χ1v) is 12.7. The molecule has 2 heterocycles. The summed E-state index contributed by atoms with van der Waals surface area (Å²) in [5.41, 5.74) is 5.06. The Morgan fingerprint density at radius 2 is 1.81 bits per heavy atom. The first-order valence-electron chi connectivity index (χ1n) is 12.7. The summed E-state index contributed by atoms with van der Waals surface area (Å²) < 4.78 is 19.3. The van der Waals surface area contributed by atoms with Gasteiger partial charge in [0, 0.05) is 31.5 Å². The Kier molecular flexibility index (Phi) is 7.04. The number of aryl methyl sites for hydroxylation is 3. The number of hydrogen-bond acceptors (Lipinski definition) is 5. The van der Waals surface area contributed by atoms with Gasteiger partial charge in [0.25, 0.3) is 0 Å². The van der Waals surface area contributed by atoms with Crippen molar-refractivity contribution in [2.75, 3.05) is 32.3 Å². The molecule has 7 heteroatoms. The molecule has 0 unspecified atom stereocenters. The average Bonchev–Trinajstić information content (AvgIpc) is 3.48. The molecule has 0 radical (unpaired) electrons. The third-order valence-corrected chi connectivity index (χ3v) is 6.98. The molecule has 1 atom stereocenters. The van der Waals surface area contributed by atoms with Crippen LogP contribution in [-0.2, 0) is 11.3 Å². The Bertz CT molecular complexity index is 1430. The number of nitrogens with zero attached hydrogens (tertiary/aromatic N) is 3. The van der Waals surface area contributed by atoms with Crippen molar-refractivity contribution in [2.45, 2.75) is 39.2 Å². The molecule has 4 aromatic rings. The van der Waals surface area contributed by atoms with Gasteiger partial charge in [-0.2, -0.15) is 0 Å². The van der Waals surface area contributed by atoms with Gasteiger partial charge >= 0.3 is 0 Å². The third kappa shape index (κ3) is 4.99. The number of anilines is 1. The Morgan fingerprint density at radius 1 is 0.973 bits per heavy atom. The Hall–Kier alpha value is -4.00. The number of imidazole rings is 1. The van der Waals surface area contributed by atoms with Crippen LogP contribution < -0.4 is 19.1 Å². The van der Waals surface area contributed by atoms with E-state index >= 15 is 0 Å². The van der Waals surface area contributed by atoms with E-state index in [4.69, 9.17) is 19.2 Å². The maximum absolute atomic E-state index is 13.2. The predicted molar refractivity (Wildman–Crippen MR) is 145 cm³/mol. The number of rotatable bonds is 9. The second kappa shape index (κ2) is 10.5. The molecule has 1 aromatic heterocycles. The topological polar surface area (TPSA) is 65.8 Å². The Morgan fingerprint density at radius 3 is 2.62 bits per heavy atom.